The van der Waals surface area contributed by atoms with E-state index in [4.69, 9.17) is 18.9 Å². The summed E-state index contributed by atoms with van der Waals surface area (Å²) in [6.07, 6.45) is 0.178. The molecule has 158 valence electrons. The van der Waals surface area contributed by atoms with Gasteiger partial charge in [0.2, 0.25) is 18.6 Å². The first kappa shape index (κ1) is 19.9. The molecule has 1 atom stereocenters. The van der Waals surface area contributed by atoms with Crippen LogP contribution >= 0.6 is 0 Å². The van der Waals surface area contributed by atoms with Gasteiger partial charge in [0.1, 0.15) is 11.5 Å². The zero-order chi connectivity index (χ0) is 21.3. The number of carbonyl (C=O) groups excluding carboxylic acids is 2. The lowest BCUT2D eigenvalue weighted by atomic mass is 10.1. The highest BCUT2D eigenvalue weighted by molar-refractivity contribution is 6.00. The van der Waals surface area contributed by atoms with E-state index in [1.807, 2.05) is 18.2 Å². The number of carbonyl (C=O) groups is 2. The number of methoxy groups -OCH3 is 2. The first-order chi connectivity index (χ1) is 14.5. The largest absolute Gasteiger partial charge is 0.497 e. The minimum absolute atomic E-state index is 0.0792. The van der Waals surface area contributed by atoms with Gasteiger partial charge in [-0.1, -0.05) is 0 Å². The molecule has 0 radical (unpaired) electrons. The van der Waals surface area contributed by atoms with Crippen LogP contribution in [0.2, 0.25) is 0 Å². The van der Waals surface area contributed by atoms with Crippen molar-refractivity contribution in [3.05, 3.63) is 42.0 Å². The molecule has 30 heavy (non-hydrogen) atoms. The first-order valence-corrected chi connectivity index (χ1v) is 9.66. The standard InChI is InChI=1S/C22H24N2O6/c1-23(11-14-4-6-17(27-2)10-19(14)28-3)22(26)15-8-21(25)24(12-15)16-5-7-18-20(9-16)30-13-29-18/h4-7,9-10,15H,8,11-13H2,1-3H3. The number of anilines is 1. The van der Waals surface area contributed by atoms with Gasteiger partial charge in [-0.3, -0.25) is 9.59 Å². The number of ether oxygens (including phenoxy) is 4. The average molecular weight is 412 g/mol. The maximum atomic E-state index is 13.0. The quantitative estimate of drug-likeness (QED) is 0.725. The Morgan fingerprint density at radius 3 is 2.70 bits per heavy atom. The van der Waals surface area contributed by atoms with Crippen molar-refractivity contribution >= 4 is 17.5 Å². The highest BCUT2D eigenvalue weighted by atomic mass is 16.7. The lowest BCUT2D eigenvalue weighted by molar-refractivity contribution is -0.135. The Morgan fingerprint density at radius 1 is 1.13 bits per heavy atom. The van der Waals surface area contributed by atoms with E-state index in [1.165, 1.54) is 0 Å². The molecule has 1 saturated heterocycles. The third-order valence-corrected chi connectivity index (χ3v) is 5.42. The van der Waals surface area contributed by atoms with Crippen molar-refractivity contribution in [3.63, 3.8) is 0 Å². The summed E-state index contributed by atoms with van der Waals surface area (Å²) in [6.45, 7) is 0.884. The van der Waals surface area contributed by atoms with E-state index in [-0.39, 0.29) is 25.0 Å². The molecule has 0 N–H and O–H groups in total. The number of nitrogens with zero attached hydrogens (tertiary/aromatic N) is 2. The molecule has 2 aliphatic rings. The van der Waals surface area contributed by atoms with E-state index < -0.39 is 5.92 Å². The summed E-state index contributed by atoms with van der Waals surface area (Å²) >= 11 is 0. The molecule has 2 aromatic rings. The van der Waals surface area contributed by atoms with E-state index in [9.17, 15) is 9.59 Å². The second-order valence-corrected chi connectivity index (χ2v) is 7.32. The fraction of sp³-hybridized carbons (Fsp3) is 0.364. The maximum absolute atomic E-state index is 13.0. The van der Waals surface area contributed by atoms with Crippen molar-refractivity contribution in [1.82, 2.24) is 4.90 Å². The van der Waals surface area contributed by atoms with Crippen molar-refractivity contribution in [2.75, 3.05) is 39.5 Å². The van der Waals surface area contributed by atoms with Crippen LogP contribution in [0, 0.1) is 5.92 Å². The highest BCUT2D eigenvalue weighted by Gasteiger charge is 2.37. The van der Waals surface area contributed by atoms with Crippen LogP contribution in [0.15, 0.2) is 36.4 Å². The molecular weight excluding hydrogens is 388 g/mol. The molecule has 1 fully saturated rings. The van der Waals surface area contributed by atoms with Crippen molar-refractivity contribution in [2.24, 2.45) is 5.92 Å². The molecule has 2 aromatic carbocycles. The van der Waals surface area contributed by atoms with E-state index in [1.54, 1.807) is 49.3 Å². The molecule has 2 heterocycles. The Morgan fingerprint density at radius 2 is 1.93 bits per heavy atom. The van der Waals surface area contributed by atoms with Gasteiger partial charge in [-0.15, -0.1) is 0 Å². The molecule has 2 aliphatic heterocycles. The average Bonchev–Trinajstić information content (AvgIpc) is 3.39. The molecule has 0 aromatic heterocycles. The van der Waals surface area contributed by atoms with Crippen LogP contribution in [0.5, 0.6) is 23.0 Å². The summed E-state index contributed by atoms with van der Waals surface area (Å²) in [4.78, 5) is 28.9. The minimum atomic E-state index is -0.405. The second-order valence-electron chi connectivity index (χ2n) is 7.32. The van der Waals surface area contributed by atoms with E-state index >= 15 is 0 Å². The van der Waals surface area contributed by atoms with Gasteiger partial charge in [0.05, 0.1) is 20.1 Å². The van der Waals surface area contributed by atoms with Crippen LogP contribution in [0.1, 0.15) is 12.0 Å². The molecule has 0 aliphatic carbocycles. The van der Waals surface area contributed by atoms with Gasteiger partial charge in [0.15, 0.2) is 11.5 Å². The summed E-state index contributed by atoms with van der Waals surface area (Å²) in [7, 11) is 4.91. The number of amides is 2. The molecule has 0 saturated carbocycles. The van der Waals surface area contributed by atoms with Gasteiger partial charge in [-0.2, -0.15) is 0 Å². The fourth-order valence-electron chi connectivity index (χ4n) is 3.80. The zero-order valence-electron chi connectivity index (χ0n) is 17.2. The Hall–Kier alpha value is -3.42. The van der Waals surface area contributed by atoms with Gasteiger partial charge in [-0.25, -0.2) is 0 Å². The predicted molar refractivity (Wildman–Crippen MR) is 109 cm³/mol. The molecule has 0 spiro atoms. The molecule has 1 unspecified atom stereocenters. The van der Waals surface area contributed by atoms with E-state index in [0.717, 1.165) is 5.56 Å². The van der Waals surface area contributed by atoms with Gasteiger partial charge >= 0.3 is 0 Å². The van der Waals surface area contributed by atoms with Gasteiger partial charge in [0, 0.05) is 49.9 Å². The Kier molecular flexibility index (Phi) is 5.39. The van der Waals surface area contributed by atoms with Gasteiger partial charge < -0.3 is 28.7 Å². The molecule has 4 rings (SSSR count). The van der Waals surface area contributed by atoms with Crippen LogP contribution in [-0.4, -0.2) is 51.3 Å². The normalized spacial score (nSPS) is 17.2. The summed E-state index contributed by atoms with van der Waals surface area (Å²) in [5, 5.41) is 0. The summed E-state index contributed by atoms with van der Waals surface area (Å²) in [6, 6.07) is 10.9. The van der Waals surface area contributed by atoms with Gasteiger partial charge in [-0.05, 0) is 24.3 Å². The van der Waals surface area contributed by atoms with Crippen molar-refractivity contribution in [2.45, 2.75) is 13.0 Å². The lowest BCUT2D eigenvalue weighted by Gasteiger charge is -2.22. The number of hydrogen-bond acceptors (Lipinski definition) is 6. The summed E-state index contributed by atoms with van der Waals surface area (Å²) in [5.41, 5.74) is 1.57. The molecule has 0 bridgehead atoms. The predicted octanol–water partition coefficient (Wildman–Crippen LogP) is 2.44. The van der Waals surface area contributed by atoms with Crippen molar-refractivity contribution < 1.29 is 28.5 Å². The summed E-state index contributed by atoms with van der Waals surface area (Å²) in [5.74, 6) is 2.04. The van der Waals surface area contributed by atoms with Crippen LogP contribution < -0.4 is 23.8 Å². The number of rotatable bonds is 6. The summed E-state index contributed by atoms with van der Waals surface area (Å²) < 4.78 is 21.4. The third-order valence-electron chi connectivity index (χ3n) is 5.42. The second kappa shape index (κ2) is 8.14. The molecule has 2 amide bonds. The monoisotopic (exact) mass is 412 g/mol. The van der Waals surface area contributed by atoms with Crippen molar-refractivity contribution in [3.8, 4) is 23.0 Å². The smallest absolute Gasteiger partial charge is 0.231 e. The van der Waals surface area contributed by atoms with E-state index in [2.05, 4.69) is 0 Å². The minimum Gasteiger partial charge on any atom is -0.497 e. The Balaban J connectivity index is 1.44. The topological polar surface area (TPSA) is 77.5 Å². The third kappa shape index (κ3) is 3.72. The molecule has 8 nitrogen and oxygen atoms in total. The maximum Gasteiger partial charge on any atom is 0.231 e. The van der Waals surface area contributed by atoms with Crippen LogP contribution in [0.3, 0.4) is 0 Å². The fourth-order valence-corrected chi connectivity index (χ4v) is 3.80. The zero-order valence-corrected chi connectivity index (χ0v) is 17.2. The van der Waals surface area contributed by atoms with E-state index in [0.29, 0.717) is 41.8 Å². The molecular formula is C22H24N2O6. The van der Waals surface area contributed by atoms with Crippen molar-refractivity contribution in [1.29, 1.82) is 0 Å². The van der Waals surface area contributed by atoms with Gasteiger partial charge in [0.25, 0.3) is 0 Å². The Bertz CT molecular complexity index is 976. The number of benzene rings is 2. The van der Waals surface area contributed by atoms with Crippen LogP contribution in [-0.2, 0) is 16.1 Å². The molecule has 8 heteroatoms. The highest BCUT2D eigenvalue weighted by Crippen LogP contribution is 2.37. The number of hydrogen-bond donors (Lipinski definition) is 0. The Labute approximate surface area is 174 Å². The first-order valence-electron chi connectivity index (χ1n) is 9.66. The van der Waals surface area contributed by atoms with Crippen LogP contribution in [0.4, 0.5) is 5.69 Å². The lowest BCUT2D eigenvalue weighted by Crippen LogP contribution is -2.34. The SMILES string of the molecule is COc1ccc(CN(C)C(=O)C2CC(=O)N(c3ccc4c(c3)OCO4)C2)c(OC)c1. The van der Waals surface area contributed by atoms with Crippen LogP contribution in [0.25, 0.3) is 0 Å². The number of fused-ring (bicyclic) bond motifs is 1.